The number of epoxide rings is 1. The third kappa shape index (κ3) is 4.59. The lowest BCUT2D eigenvalue weighted by Crippen LogP contribution is -2.79. The molecule has 1 aromatic rings. The molecule has 0 amide bonds. The molecule has 0 aromatic heterocycles. The predicted octanol–water partition coefficient (Wildman–Crippen LogP) is 1.55. The van der Waals surface area contributed by atoms with E-state index in [-0.39, 0.29) is 18.6 Å². The molecule has 4 aliphatic rings. The molecule has 0 radical (unpaired) electrons. The summed E-state index contributed by atoms with van der Waals surface area (Å²) in [5.41, 5.74) is -7.60. The van der Waals surface area contributed by atoms with E-state index in [0.717, 1.165) is 12.5 Å². The minimum Gasteiger partial charge on any atom is -0.462 e. The summed E-state index contributed by atoms with van der Waals surface area (Å²) < 4.78 is 30.6. The second-order valence-electron chi connectivity index (χ2n) is 13.6. The van der Waals surface area contributed by atoms with E-state index in [4.69, 9.17) is 23.7 Å². The van der Waals surface area contributed by atoms with Crippen LogP contribution in [0, 0.1) is 16.7 Å². The van der Waals surface area contributed by atoms with Crippen molar-refractivity contribution in [1.82, 2.24) is 0 Å². The van der Waals surface area contributed by atoms with Crippen LogP contribution >= 0.6 is 0 Å². The normalized spacial score (nSPS) is 41.4. The van der Waals surface area contributed by atoms with Gasteiger partial charge in [0, 0.05) is 38.0 Å². The van der Waals surface area contributed by atoms with Crippen LogP contribution in [-0.4, -0.2) is 92.9 Å². The number of benzene rings is 1. The first-order valence-corrected chi connectivity index (χ1v) is 15.0. The molecule has 2 bridgehead atoms. The minimum absolute atomic E-state index is 0.0292. The number of fused-ring (bicyclic) bond motifs is 2. The average molecular weight is 631 g/mol. The summed E-state index contributed by atoms with van der Waals surface area (Å²) >= 11 is 0. The topological polar surface area (TPSA) is 178 Å². The summed E-state index contributed by atoms with van der Waals surface area (Å²) in [5, 5.41) is 34.1. The molecule has 1 heterocycles. The Balaban J connectivity index is 1.85. The first kappa shape index (κ1) is 33.2. The van der Waals surface area contributed by atoms with Gasteiger partial charge < -0.3 is 39.0 Å². The molecular formula is C33H42O12. The number of carbonyl (C=O) groups is 4. The Morgan fingerprint density at radius 3 is 2.18 bits per heavy atom. The quantitative estimate of drug-likeness (QED) is 0.172. The fourth-order valence-electron chi connectivity index (χ4n) is 8.55. The zero-order valence-corrected chi connectivity index (χ0v) is 26.4. The molecule has 3 N–H and O–H groups in total. The SMILES string of the molecule is C=C1[C@@H](O)C[C@H](OC(C)=O)[C@@]2(C)[C@@H](OC(C)=O)[C@H](OC(=O)CO)[C@@]34O[C@]3(C)C(=O)C[C@@](O)([C@@H](OCc3ccccc3)[C@H]12)C4(C)C. The molecule has 0 unspecified atom stereocenters. The van der Waals surface area contributed by atoms with E-state index >= 15 is 0 Å². The number of rotatable bonds is 7. The molecule has 10 atom stereocenters. The second-order valence-corrected chi connectivity index (χ2v) is 13.6. The highest BCUT2D eigenvalue weighted by Crippen LogP contribution is 2.73. The van der Waals surface area contributed by atoms with Gasteiger partial charge in [0.15, 0.2) is 29.2 Å². The maximum atomic E-state index is 14.0. The zero-order valence-electron chi connectivity index (χ0n) is 26.4. The Labute approximate surface area is 261 Å². The molecule has 1 spiro atoms. The molecule has 246 valence electrons. The van der Waals surface area contributed by atoms with Gasteiger partial charge in [0.1, 0.15) is 18.3 Å². The number of aliphatic hydroxyl groups is 3. The highest BCUT2D eigenvalue weighted by molar-refractivity contribution is 5.95. The van der Waals surface area contributed by atoms with Crippen LogP contribution in [0.25, 0.3) is 0 Å². The molecule has 3 saturated carbocycles. The predicted molar refractivity (Wildman–Crippen MR) is 155 cm³/mol. The molecule has 1 aliphatic heterocycles. The van der Waals surface area contributed by atoms with Crippen LogP contribution in [0.2, 0.25) is 0 Å². The molecule has 45 heavy (non-hydrogen) atoms. The van der Waals surface area contributed by atoms with Crippen molar-refractivity contribution < 1.29 is 58.2 Å². The molecule has 5 rings (SSSR count). The number of esters is 3. The molecule has 3 aliphatic carbocycles. The molecule has 12 nitrogen and oxygen atoms in total. The van der Waals surface area contributed by atoms with Gasteiger partial charge in [0.25, 0.3) is 0 Å². The van der Waals surface area contributed by atoms with E-state index in [9.17, 15) is 34.5 Å². The highest BCUT2D eigenvalue weighted by Gasteiger charge is 2.91. The van der Waals surface area contributed by atoms with E-state index < -0.39 is 101 Å². The lowest BCUT2D eigenvalue weighted by atomic mass is 9.44. The van der Waals surface area contributed by atoms with Crippen LogP contribution in [-0.2, 0) is 49.5 Å². The Kier molecular flexibility index (Phi) is 8.10. The maximum Gasteiger partial charge on any atom is 0.332 e. The van der Waals surface area contributed by atoms with Gasteiger partial charge in [-0.25, -0.2) is 4.79 Å². The van der Waals surface area contributed by atoms with Crippen LogP contribution < -0.4 is 0 Å². The Morgan fingerprint density at radius 1 is 0.978 bits per heavy atom. The second kappa shape index (κ2) is 11.0. The molecular weight excluding hydrogens is 588 g/mol. The van der Waals surface area contributed by atoms with Gasteiger partial charge in [0.2, 0.25) is 0 Å². The standard InChI is InChI=1S/C33H42O12/c1-17-21(37)13-23(42-18(2)35)30(6)25(17)26(41-16-20-11-9-8-10-12-20)32(40)14-22(38)31(7)33(45-31,29(32,4)5)28(44-24(39)15-34)27(30)43-19(3)36/h8-12,21,23,25-28,34,37,40H,1,13-16H2,2-7H3/t21-,23-,25-,26-,27-,28-,30+,31+,32+,33-/m0/s1. The maximum absolute atomic E-state index is 14.0. The number of aliphatic hydroxyl groups excluding tert-OH is 2. The van der Waals surface area contributed by atoms with Gasteiger partial charge in [0.05, 0.1) is 24.2 Å². The van der Waals surface area contributed by atoms with E-state index in [1.807, 2.05) is 30.3 Å². The first-order chi connectivity index (χ1) is 20.9. The van der Waals surface area contributed by atoms with E-state index in [1.165, 1.54) is 13.8 Å². The number of hydrogen-bond acceptors (Lipinski definition) is 12. The molecule has 12 heteroatoms. The number of ether oxygens (including phenoxy) is 5. The van der Waals surface area contributed by atoms with Crippen molar-refractivity contribution in [3.63, 3.8) is 0 Å². The van der Waals surface area contributed by atoms with Gasteiger partial charge >= 0.3 is 17.9 Å². The fraction of sp³-hybridized carbons (Fsp3) is 0.636. The summed E-state index contributed by atoms with van der Waals surface area (Å²) in [6.45, 7) is 11.9. The largest absolute Gasteiger partial charge is 0.462 e. The minimum atomic E-state index is -2.06. The van der Waals surface area contributed by atoms with Crippen molar-refractivity contribution in [2.75, 3.05) is 6.61 Å². The average Bonchev–Trinajstić information content (AvgIpc) is 3.63. The number of carbonyl (C=O) groups excluding carboxylic acids is 4. The van der Waals surface area contributed by atoms with Crippen LogP contribution in [0.3, 0.4) is 0 Å². The van der Waals surface area contributed by atoms with Crippen molar-refractivity contribution >= 4 is 23.7 Å². The van der Waals surface area contributed by atoms with Gasteiger partial charge in [-0.1, -0.05) is 57.7 Å². The Bertz CT molecular complexity index is 1410. The first-order valence-electron chi connectivity index (χ1n) is 15.0. The van der Waals surface area contributed by atoms with Gasteiger partial charge in [-0.2, -0.15) is 0 Å². The lowest BCUT2D eigenvalue weighted by molar-refractivity contribution is -0.290. The summed E-state index contributed by atoms with van der Waals surface area (Å²) in [5.74, 6) is -4.25. The van der Waals surface area contributed by atoms with Gasteiger partial charge in [-0.3, -0.25) is 14.4 Å². The van der Waals surface area contributed by atoms with Gasteiger partial charge in [-0.15, -0.1) is 0 Å². The molecule has 4 fully saturated rings. The molecule has 1 saturated heterocycles. The number of hydrogen-bond donors (Lipinski definition) is 3. The van der Waals surface area contributed by atoms with Crippen LogP contribution in [0.5, 0.6) is 0 Å². The summed E-state index contributed by atoms with van der Waals surface area (Å²) in [7, 11) is 0. The van der Waals surface area contributed by atoms with E-state index in [1.54, 1.807) is 20.8 Å². The Hall–Kier alpha value is -3.16. The van der Waals surface area contributed by atoms with Crippen molar-refractivity contribution in [2.24, 2.45) is 16.7 Å². The summed E-state index contributed by atoms with van der Waals surface area (Å²) in [6.07, 6.45) is -7.48. The third-order valence-electron chi connectivity index (χ3n) is 11.0. The summed E-state index contributed by atoms with van der Waals surface area (Å²) in [4.78, 5) is 52.3. The van der Waals surface area contributed by atoms with Gasteiger partial charge in [-0.05, 0) is 18.1 Å². The van der Waals surface area contributed by atoms with Crippen molar-refractivity contribution in [3.8, 4) is 0 Å². The smallest absolute Gasteiger partial charge is 0.332 e. The van der Waals surface area contributed by atoms with Crippen molar-refractivity contribution in [1.29, 1.82) is 0 Å². The Morgan fingerprint density at radius 2 is 1.60 bits per heavy atom. The van der Waals surface area contributed by atoms with Crippen molar-refractivity contribution in [2.45, 2.75) is 108 Å². The number of Topliss-reactive ketones (excluding diaryl/α,β-unsaturated/α-hetero) is 1. The summed E-state index contributed by atoms with van der Waals surface area (Å²) in [6, 6.07) is 9.12. The number of ketones is 1. The van der Waals surface area contributed by atoms with E-state index in [0.29, 0.717) is 0 Å². The highest BCUT2D eigenvalue weighted by atomic mass is 16.7. The monoisotopic (exact) mass is 630 g/mol. The lowest BCUT2D eigenvalue weighted by Gasteiger charge is -2.64. The van der Waals surface area contributed by atoms with E-state index in [2.05, 4.69) is 6.58 Å². The van der Waals surface area contributed by atoms with Crippen LogP contribution in [0.1, 0.15) is 59.9 Å². The van der Waals surface area contributed by atoms with Crippen LogP contribution in [0.4, 0.5) is 0 Å². The molecule has 1 aromatic carbocycles. The fourth-order valence-corrected chi connectivity index (χ4v) is 8.55. The zero-order chi connectivity index (χ0) is 33.3. The van der Waals surface area contributed by atoms with Crippen molar-refractivity contribution in [3.05, 3.63) is 48.0 Å². The van der Waals surface area contributed by atoms with Crippen LogP contribution in [0.15, 0.2) is 42.5 Å². The third-order valence-corrected chi connectivity index (χ3v) is 11.0.